The highest BCUT2D eigenvalue weighted by Crippen LogP contribution is 2.45. The molecule has 1 aromatic carbocycles. The lowest BCUT2D eigenvalue weighted by atomic mass is 9.87. The van der Waals surface area contributed by atoms with E-state index in [4.69, 9.17) is 4.74 Å². The van der Waals surface area contributed by atoms with Gasteiger partial charge in [-0.25, -0.2) is 0 Å². The van der Waals surface area contributed by atoms with Crippen LogP contribution in [0.1, 0.15) is 42.9 Å². The molecule has 0 radical (unpaired) electrons. The van der Waals surface area contributed by atoms with Crippen molar-refractivity contribution in [1.29, 1.82) is 0 Å². The minimum atomic E-state index is 0.0749. The second-order valence-corrected chi connectivity index (χ2v) is 6.42. The zero-order valence-electron chi connectivity index (χ0n) is 11.1. The van der Waals surface area contributed by atoms with Crippen molar-refractivity contribution in [3.05, 3.63) is 27.2 Å². The van der Waals surface area contributed by atoms with Crippen molar-refractivity contribution in [2.24, 2.45) is 0 Å². The van der Waals surface area contributed by atoms with Crippen molar-refractivity contribution >= 4 is 15.9 Å². The van der Waals surface area contributed by atoms with Gasteiger partial charge in [0.2, 0.25) is 0 Å². The van der Waals surface area contributed by atoms with Gasteiger partial charge in [-0.1, -0.05) is 0 Å². The lowest BCUT2D eigenvalue weighted by molar-refractivity contribution is 0.368. The summed E-state index contributed by atoms with van der Waals surface area (Å²) in [5.74, 6) is 1.03. The standard InChI is InChI=1S/C15H20BrNO/c1-15(7-4-8-17-15)12-9-10-5-3-6-11(10)13(16)14(12)18-2/h9,17H,3-8H2,1-2H3. The zero-order chi connectivity index (χ0) is 12.8. The summed E-state index contributed by atoms with van der Waals surface area (Å²) in [6, 6.07) is 2.38. The number of fused-ring (bicyclic) bond motifs is 1. The molecule has 2 aliphatic rings. The number of nitrogens with one attached hydrogen (secondary N) is 1. The number of benzene rings is 1. The summed E-state index contributed by atoms with van der Waals surface area (Å²) >= 11 is 3.76. The molecular weight excluding hydrogens is 290 g/mol. The highest BCUT2D eigenvalue weighted by Gasteiger charge is 2.35. The minimum absolute atomic E-state index is 0.0749. The van der Waals surface area contributed by atoms with Gasteiger partial charge in [0.15, 0.2) is 0 Å². The van der Waals surface area contributed by atoms with Crippen molar-refractivity contribution in [2.75, 3.05) is 13.7 Å². The van der Waals surface area contributed by atoms with Crippen molar-refractivity contribution in [3.8, 4) is 5.75 Å². The van der Waals surface area contributed by atoms with Crippen molar-refractivity contribution in [2.45, 2.75) is 44.6 Å². The van der Waals surface area contributed by atoms with Gasteiger partial charge in [0.05, 0.1) is 11.6 Å². The molecule has 1 N–H and O–H groups in total. The summed E-state index contributed by atoms with van der Waals surface area (Å²) in [7, 11) is 1.78. The van der Waals surface area contributed by atoms with E-state index in [9.17, 15) is 0 Å². The molecule has 98 valence electrons. The van der Waals surface area contributed by atoms with Gasteiger partial charge in [-0.15, -0.1) is 0 Å². The predicted molar refractivity (Wildman–Crippen MR) is 77.3 cm³/mol. The normalized spacial score (nSPS) is 26.4. The molecule has 1 fully saturated rings. The third-order valence-electron chi connectivity index (χ3n) is 4.46. The molecule has 3 rings (SSSR count). The largest absolute Gasteiger partial charge is 0.495 e. The fourth-order valence-corrected chi connectivity index (χ4v) is 4.23. The van der Waals surface area contributed by atoms with E-state index in [2.05, 4.69) is 34.2 Å². The van der Waals surface area contributed by atoms with Gasteiger partial charge in [-0.05, 0) is 78.7 Å². The molecule has 1 saturated heterocycles. The van der Waals surface area contributed by atoms with E-state index < -0.39 is 0 Å². The molecule has 1 aliphatic carbocycles. The van der Waals surface area contributed by atoms with E-state index in [0.29, 0.717) is 0 Å². The average Bonchev–Trinajstić information content (AvgIpc) is 2.98. The number of rotatable bonds is 2. The third kappa shape index (κ3) is 1.79. The van der Waals surface area contributed by atoms with Crippen molar-refractivity contribution in [3.63, 3.8) is 0 Å². The maximum absolute atomic E-state index is 5.69. The first kappa shape index (κ1) is 12.5. The Morgan fingerprint density at radius 2 is 2.17 bits per heavy atom. The molecule has 2 nitrogen and oxygen atoms in total. The van der Waals surface area contributed by atoms with Crippen LogP contribution in [0.3, 0.4) is 0 Å². The summed E-state index contributed by atoms with van der Waals surface area (Å²) in [4.78, 5) is 0. The van der Waals surface area contributed by atoms with E-state index in [1.54, 1.807) is 7.11 Å². The highest BCUT2D eigenvalue weighted by molar-refractivity contribution is 9.10. The molecule has 1 aliphatic heterocycles. The molecule has 0 amide bonds. The lowest BCUT2D eigenvalue weighted by Crippen LogP contribution is -2.33. The van der Waals surface area contributed by atoms with Crippen LogP contribution in [0.25, 0.3) is 0 Å². The minimum Gasteiger partial charge on any atom is -0.495 e. The number of methoxy groups -OCH3 is 1. The lowest BCUT2D eigenvalue weighted by Gasteiger charge is -2.28. The fraction of sp³-hybridized carbons (Fsp3) is 0.600. The molecule has 1 heterocycles. The summed E-state index contributed by atoms with van der Waals surface area (Å²) in [5, 5.41) is 3.64. The van der Waals surface area contributed by atoms with E-state index in [1.165, 1.54) is 53.3 Å². The van der Waals surface area contributed by atoms with E-state index in [-0.39, 0.29) is 5.54 Å². The molecule has 0 spiro atoms. The zero-order valence-corrected chi connectivity index (χ0v) is 12.7. The van der Waals surface area contributed by atoms with E-state index >= 15 is 0 Å². The van der Waals surface area contributed by atoms with E-state index in [1.807, 2.05) is 0 Å². The van der Waals surface area contributed by atoms with Crippen LogP contribution in [0.5, 0.6) is 5.75 Å². The van der Waals surface area contributed by atoms with Crippen LogP contribution < -0.4 is 10.1 Å². The summed E-state index contributed by atoms with van der Waals surface area (Å²) < 4.78 is 6.88. The Balaban J connectivity index is 2.16. The molecule has 0 bridgehead atoms. The molecule has 1 atom stereocenters. The SMILES string of the molecule is COc1c(C2(C)CCCN2)cc2c(c1Br)CCC2. The molecule has 18 heavy (non-hydrogen) atoms. The fourth-order valence-electron chi connectivity index (χ4n) is 3.41. The van der Waals surface area contributed by atoms with Crippen molar-refractivity contribution < 1.29 is 4.74 Å². The Labute approximate surface area is 117 Å². The van der Waals surface area contributed by atoms with Crippen molar-refractivity contribution in [1.82, 2.24) is 5.32 Å². The Bertz CT molecular complexity index is 478. The van der Waals surface area contributed by atoms with Gasteiger partial charge >= 0.3 is 0 Å². The molecular formula is C15H20BrNO. The number of hydrogen-bond donors (Lipinski definition) is 1. The molecule has 0 saturated carbocycles. The quantitative estimate of drug-likeness (QED) is 0.902. The van der Waals surface area contributed by atoms with Crippen LogP contribution in [-0.2, 0) is 18.4 Å². The average molecular weight is 310 g/mol. The monoisotopic (exact) mass is 309 g/mol. The Kier molecular flexibility index (Phi) is 3.15. The summed E-state index contributed by atoms with van der Waals surface area (Å²) in [5.41, 5.74) is 4.37. The topological polar surface area (TPSA) is 21.3 Å². The van der Waals surface area contributed by atoms with Crippen LogP contribution in [0.15, 0.2) is 10.5 Å². The first-order valence-electron chi connectivity index (χ1n) is 6.79. The van der Waals surface area contributed by atoms with Gasteiger partial charge in [0.1, 0.15) is 5.75 Å². The number of aryl methyl sites for hydroxylation is 1. The summed E-state index contributed by atoms with van der Waals surface area (Å²) in [6.07, 6.45) is 6.09. The van der Waals surface area contributed by atoms with Crippen LogP contribution in [0.2, 0.25) is 0 Å². The van der Waals surface area contributed by atoms with Gasteiger partial charge in [-0.3, -0.25) is 0 Å². The summed E-state index contributed by atoms with van der Waals surface area (Å²) in [6.45, 7) is 3.40. The Hall–Kier alpha value is -0.540. The Morgan fingerprint density at radius 3 is 2.83 bits per heavy atom. The van der Waals surface area contributed by atoms with Gasteiger partial charge in [0.25, 0.3) is 0 Å². The van der Waals surface area contributed by atoms with Crippen LogP contribution in [0.4, 0.5) is 0 Å². The number of ether oxygens (including phenoxy) is 1. The Morgan fingerprint density at radius 1 is 1.33 bits per heavy atom. The van der Waals surface area contributed by atoms with Gasteiger partial charge in [-0.2, -0.15) is 0 Å². The maximum Gasteiger partial charge on any atom is 0.138 e. The molecule has 1 aromatic rings. The van der Waals surface area contributed by atoms with E-state index in [0.717, 1.165) is 12.3 Å². The third-order valence-corrected chi connectivity index (χ3v) is 5.29. The highest BCUT2D eigenvalue weighted by atomic mass is 79.9. The predicted octanol–water partition coefficient (Wildman–Crippen LogP) is 3.55. The molecule has 1 unspecified atom stereocenters. The molecule has 3 heteroatoms. The molecule has 0 aromatic heterocycles. The van der Waals surface area contributed by atoms with Crippen LogP contribution in [-0.4, -0.2) is 13.7 Å². The first-order valence-corrected chi connectivity index (χ1v) is 7.59. The van der Waals surface area contributed by atoms with Crippen LogP contribution in [0, 0.1) is 0 Å². The van der Waals surface area contributed by atoms with Crippen LogP contribution >= 0.6 is 15.9 Å². The maximum atomic E-state index is 5.69. The number of hydrogen-bond acceptors (Lipinski definition) is 2. The smallest absolute Gasteiger partial charge is 0.138 e. The van der Waals surface area contributed by atoms with Gasteiger partial charge < -0.3 is 10.1 Å². The second-order valence-electron chi connectivity index (χ2n) is 5.63. The first-order chi connectivity index (χ1) is 8.65. The number of halogens is 1. The second kappa shape index (κ2) is 4.53. The van der Waals surface area contributed by atoms with Gasteiger partial charge in [0, 0.05) is 11.1 Å².